The Kier molecular flexibility index (Phi) is 3.73. The normalized spacial score (nSPS) is 11.0. The SMILES string of the molecule is Cc1nc2ccc(Br)cc2c(Cl)c1CCCl. The van der Waals surface area contributed by atoms with E-state index in [1.165, 1.54) is 0 Å². The highest BCUT2D eigenvalue weighted by Gasteiger charge is 2.10. The number of pyridine rings is 1. The molecule has 0 bridgehead atoms. The van der Waals surface area contributed by atoms with E-state index in [1.807, 2.05) is 25.1 Å². The van der Waals surface area contributed by atoms with Crippen molar-refractivity contribution in [3.8, 4) is 0 Å². The van der Waals surface area contributed by atoms with Crippen molar-refractivity contribution in [2.45, 2.75) is 13.3 Å². The van der Waals surface area contributed by atoms with Crippen LogP contribution in [0.1, 0.15) is 11.3 Å². The topological polar surface area (TPSA) is 12.9 Å². The third-order valence-electron chi connectivity index (χ3n) is 2.53. The maximum atomic E-state index is 6.38. The summed E-state index contributed by atoms with van der Waals surface area (Å²) in [7, 11) is 0. The van der Waals surface area contributed by atoms with E-state index in [4.69, 9.17) is 23.2 Å². The van der Waals surface area contributed by atoms with Crippen LogP contribution < -0.4 is 0 Å². The number of rotatable bonds is 2. The Bertz CT molecular complexity index is 540. The van der Waals surface area contributed by atoms with Gasteiger partial charge in [0.05, 0.1) is 10.5 Å². The number of benzene rings is 1. The molecule has 84 valence electrons. The number of aryl methyl sites for hydroxylation is 1. The second-order valence-corrected chi connectivity index (χ2v) is 5.26. The Morgan fingerprint density at radius 3 is 2.81 bits per heavy atom. The van der Waals surface area contributed by atoms with Gasteiger partial charge in [0.2, 0.25) is 0 Å². The largest absolute Gasteiger partial charge is 0.253 e. The zero-order valence-electron chi connectivity index (χ0n) is 8.73. The van der Waals surface area contributed by atoms with E-state index < -0.39 is 0 Å². The van der Waals surface area contributed by atoms with Gasteiger partial charge in [-0.25, -0.2) is 0 Å². The molecule has 0 spiro atoms. The van der Waals surface area contributed by atoms with Gasteiger partial charge in [0, 0.05) is 21.4 Å². The zero-order valence-corrected chi connectivity index (χ0v) is 11.8. The molecule has 0 aliphatic rings. The molecule has 4 heteroatoms. The molecule has 0 saturated carbocycles. The smallest absolute Gasteiger partial charge is 0.0721 e. The maximum absolute atomic E-state index is 6.38. The molecule has 2 rings (SSSR count). The average Bonchev–Trinajstić information content (AvgIpc) is 2.26. The molecule has 0 radical (unpaired) electrons. The molecule has 0 unspecified atom stereocenters. The Hall–Kier alpha value is -0.310. The van der Waals surface area contributed by atoms with Gasteiger partial charge in [-0.1, -0.05) is 27.5 Å². The lowest BCUT2D eigenvalue weighted by Crippen LogP contribution is -1.97. The van der Waals surface area contributed by atoms with Crippen molar-refractivity contribution >= 4 is 50.0 Å². The van der Waals surface area contributed by atoms with E-state index in [2.05, 4.69) is 20.9 Å². The fourth-order valence-electron chi connectivity index (χ4n) is 1.74. The molecule has 0 saturated heterocycles. The highest BCUT2D eigenvalue weighted by atomic mass is 79.9. The molecule has 0 fully saturated rings. The third kappa shape index (κ3) is 2.20. The molecule has 2 aromatic rings. The van der Waals surface area contributed by atoms with Gasteiger partial charge in [-0.15, -0.1) is 11.6 Å². The quantitative estimate of drug-likeness (QED) is 0.729. The average molecular weight is 319 g/mol. The maximum Gasteiger partial charge on any atom is 0.0721 e. The van der Waals surface area contributed by atoms with Gasteiger partial charge in [0.25, 0.3) is 0 Å². The van der Waals surface area contributed by atoms with Crippen LogP contribution in [0.5, 0.6) is 0 Å². The number of aromatic nitrogens is 1. The summed E-state index contributed by atoms with van der Waals surface area (Å²) in [6, 6.07) is 5.91. The minimum Gasteiger partial charge on any atom is -0.253 e. The highest BCUT2D eigenvalue weighted by Crippen LogP contribution is 2.30. The summed E-state index contributed by atoms with van der Waals surface area (Å²) < 4.78 is 1.00. The van der Waals surface area contributed by atoms with Crippen molar-refractivity contribution in [1.82, 2.24) is 4.98 Å². The van der Waals surface area contributed by atoms with Crippen LogP contribution in [0.3, 0.4) is 0 Å². The van der Waals surface area contributed by atoms with Crippen LogP contribution in [-0.2, 0) is 6.42 Å². The number of hydrogen-bond acceptors (Lipinski definition) is 1. The van der Waals surface area contributed by atoms with Crippen LogP contribution in [0.15, 0.2) is 22.7 Å². The molecule has 1 heterocycles. The van der Waals surface area contributed by atoms with Crippen LogP contribution in [0.25, 0.3) is 10.9 Å². The van der Waals surface area contributed by atoms with Gasteiger partial charge in [0.1, 0.15) is 0 Å². The predicted molar refractivity (Wildman–Crippen MR) is 73.6 cm³/mol. The Balaban J connectivity index is 2.74. The fraction of sp³-hybridized carbons (Fsp3) is 0.250. The summed E-state index contributed by atoms with van der Waals surface area (Å²) in [5, 5.41) is 1.74. The lowest BCUT2D eigenvalue weighted by molar-refractivity contribution is 1.07. The number of halogens is 3. The van der Waals surface area contributed by atoms with Crippen LogP contribution >= 0.6 is 39.1 Å². The second-order valence-electron chi connectivity index (χ2n) is 3.59. The van der Waals surface area contributed by atoms with Crippen molar-refractivity contribution in [2.24, 2.45) is 0 Å². The molecule has 0 aliphatic heterocycles. The highest BCUT2D eigenvalue weighted by molar-refractivity contribution is 9.10. The minimum atomic E-state index is 0.557. The van der Waals surface area contributed by atoms with Crippen molar-refractivity contribution in [3.05, 3.63) is 39.0 Å². The molecule has 1 nitrogen and oxygen atoms in total. The molecule has 1 aromatic heterocycles. The molecule has 0 aliphatic carbocycles. The summed E-state index contributed by atoms with van der Waals surface area (Å²) in [6.45, 7) is 1.97. The molecule has 16 heavy (non-hydrogen) atoms. The lowest BCUT2D eigenvalue weighted by Gasteiger charge is -2.09. The summed E-state index contributed by atoms with van der Waals surface area (Å²) in [6.07, 6.45) is 0.752. The van der Waals surface area contributed by atoms with Gasteiger partial charge in [-0.05, 0) is 37.1 Å². The number of fused-ring (bicyclic) bond motifs is 1. The van der Waals surface area contributed by atoms with E-state index in [0.717, 1.165) is 38.1 Å². The van der Waals surface area contributed by atoms with E-state index in [0.29, 0.717) is 5.88 Å². The first-order valence-electron chi connectivity index (χ1n) is 4.93. The molecule has 1 aromatic carbocycles. The van der Waals surface area contributed by atoms with Gasteiger partial charge < -0.3 is 0 Å². The molecular weight excluding hydrogens is 309 g/mol. The van der Waals surface area contributed by atoms with Gasteiger partial charge in [0.15, 0.2) is 0 Å². The van der Waals surface area contributed by atoms with Crippen molar-refractivity contribution in [2.75, 3.05) is 5.88 Å². The van der Waals surface area contributed by atoms with Gasteiger partial charge in [-0.3, -0.25) is 4.98 Å². The summed E-state index contributed by atoms with van der Waals surface area (Å²) in [4.78, 5) is 4.53. The Morgan fingerprint density at radius 2 is 2.12 bits per heavy atom. The van der Waals surface area contributed by atoms with E-state index in [-0.39, 0.29) is 0 Å². The Labute approximate surface area is 113 Å². The fourth-order valence-corrected chi connectivity index (χ4v) is 2.67. The van der Waals surface area contributed by atoms with Gasteiger partial charge in [-0.2, -0.15) is 0 Å². The van der Waals surface area contributed by atoms with Gasteiger partial charge >= 0.3 is 0 Å². The van der Waals surface area contributed by atoms with Crippen molar-refractivity contribution in [3.63, 3.8) is 0 Å². The first-order chi connectivity index (χ1) is 7.63. The number of hydrogen-bond donors (Lipinski definition) is 0. The van der Waals surface area contributed by atoms with Crippen molar-refractivity contribution < 1.29 is 0 Å². The van der Waals surface area contributed by atoms with Crippen molar-refractivity contribution in [1.29, 1.82) is 0 Å². The zero-order chi connectivity index (χ0) is 11.7. The lowest BCUT2D eigenvalue weighted by atomic mass is 10.1. The molecule has 0 N–H and O–H groups in total. The number of alkyl halides is 1. The van der Waals surface area contributed by atoms with Crippen LogP contribution in [-0.4, -0.2) is 10.9 Å². The molecular formula is C12H10BrCl2N. The van der Waals surface area contributed by atoms with Crippen LogP contribution in [0, 0.1) is 6.92 Å². The third-order valence-corrected chi connectivity index (χ3v) is 3.64. The summed E-state index contributed by atoms with van der Waals surface area (Å²) in [5.41, 5.74) is 2.92. The van der Waals surface area contributed by atoms with E-state index >= 15 is 0 Å². The summed E-state index contributed by atoms with van der Waals surface area (Å²) in [5.74, 6) is 0.557. The second kappa shape index (κ2) is 4.91. The van der Waals surface area contributed by atoms with E-state index in [1.54, 1.807) is 0 Å². The molecule has 0 amide bonds. The van der Waals surface area contributed by atoms with E-state index in [9.17, 15) is 0 Å². The minimum absolute atomic E-state index is 0.557. The molecule has 0 atom stereocenters. The standard InChI is InChI=1S/C12H10BrCl2N/c1-7-9(4-5-14)12(15)10-6-8(13)2-3-11(10)16-7/h2-3,6H,4-5H2,1H3. The first-order valence-corrected chi connectivity index (χ1v) is 6.64. The summed E-state index contributed by atoms with van der Waals surface area (Å²) >= 11 is 15.6. The Morgan fingerprint density at radius 1 is 1.38 bits per heavy atom. The van der Waals surface area contributed by atoms with Crippen LogP contribution in [0.4, 0.5) is 0 Å². The predicted octanol–water partition coefficient (Wildman–Crippen LogP) is 4.74. The monoisotopic (exact) mass is 317 g/mol. The number of nitrogens with zero attached hydrogens (tertiary/aromatic N) is 1. The van der Waals surface area contributed by atoms with Crippen LogP contribution in [0.2, 0.25) is 5.02 Å². The first kappa shape index (κ1) is 12.2.